The molecule has 2 aliphatic rings. The fourth-order valence-corrected chi connectivity index (χ4v) is 3.24. The van der Waals surface area contributed by atoms with Crippen LogP contribution in [0.25, 0.3) is 0 Å². The van der Waals surface area contributed by atoms with Gasteiger partial charge in [-0.05, 0) is 46.1 Å². The first-order valence-electron chi connectivity index (χ1n) is 8.88. The lowest BCUT2D eigenvalue weighted by Gasteiger charge is -2.32. The summed E-state index contributed by atoms with van der Waals surface area (Å²) in [6.07, 6.45) is 4.73. The number of oxazole rings is 1. The van der Waals surface area contributed by atoms with Crippen LogP contribution in [0.1, 0.15) is 60.7 Å². The van der Waals surface area contributed by atoms with Gasteiger partial charge in [0, 0.05) is 18.5 Å². The predicted molar refractivity (Wildman–Crippen MR) is 87.4 cm³/mol. The van der Waals surface area contributed by atoms with Crippen molar-refractivity contribution in [1.82, 2.24) is 25.3 Å². The minimum absolute atomic E-state index is 0.445. The van der Waals surface area contributed by atoms with E-state index in [0.717, 1.165) is 48.7 Å². The van der Waals surface area contributed by atoms with Gasteiger partial charge < -0.3 is 14.3 Å². The van der Waals surface area contributed by atoms with Gasteiger partial charge in [0.05, 0.1) is 18.8 Å². The molecule has 24 heavy (non-hydrogen) atoms. The Balaban J connectivity index is 1.28. The number of nitrogens with one attached hydrogen (secondary N) is 1. The van der Waals surface area contributed by atoms with Crippen molar-refractivity contribution in [1.29, 1.82) is 0 Å². The number of hydrogen-bond acceptors (Lipinski definition) is 7. The van der Waals surface area contributed by atoms with Crippen LogP contribution in [-0.4, -0.2) is 39.2 Å². The highest BCUT2D eigenvalue weighted by atomic mass is 16.5. The minimum atomic E-state index is 0.445. The first kappa shape index (κ1) is 15.8. The molecule has 0 aromatic carbocycles. The summed E-state index contributed by atoms with van der Waals surface area (Å²) in [5.41, 5.74) is 0.973. The number of hydrogen-bond donors (Lipinski definition) is 1. The molecule has 0 radical (unpaired) electrons. The van der Waals surface area contributed by atoms with Crippen LogP contribution in [0.5, 0.6) is 0 Å². The minimum Gasteiger partial charge on any atom is -0.444 e. The van der Waals surface area contributed by atoms with Crippen molar-refractivity contribution >= 4 is 0 Å². The molecule has 1 N–H and O–H groups in total. The van der Waals surface area contributed by atoms with E-state index in [1.54, 1.807) is 0 Å². The highest BCUT2D eigenvalue weighted by molar-refractivity contribution is 5.05. The van der Waals surface area contributed by atoms with E-state index >= 15 is 0 Å². The van der Waals surface area contributed by atoms with Crippen LogP contribution in [0, 0.1) is 13.8 Å². The number of rotatable bonds is 6. The normalized spacial score (nSPS) is 22.2. The van der Waals surface area contributed by atoms with Gasteiger partial charge in [0.15, 0.2) is 5.82 Å². The average Bonchev–Trinajstić information content (AvgIpc) is 3.24. The van der Waals surface area contributed by atoms with E-state index < -0.39 is 0 Å². The third-order valence-electron chi connectivity index (χ3n) is 4.90. The molecule has 0 bridgehead atoms. The van der Waals surface area contributed by atoms with Crippen LogP contribution in [0.3, 0.4) is 0 Å². The molecule has 0 spiro atoms. The fourth-order valence-electron chi connectivity index (χ4n) is 3.24. The molecular formula is C17H25N5O2. The lowest BCUT2D eigenvalue weighted by molar-refractivity contribution is 0.175. The van der Waals surface area contributed by atoms with Crippen LogP contribution >= 0.6 is 0 Å². The molecule has 1 aliphatic carbocycles. The summed E-state index contributed by atoms with van der Waals surface area (Å²) in [6, 6.07) is 0.445. The van der Waals surface area contributed by atoms with Gasteiger partial charge in [-0.3, -0.25) is 4.90 Å². The summed E-state index contributed by atoms with van der Waals surface area (Å²) in [6.45, 7) is 7.46. The SMILES string of the molecule is Cc1nc(CN[C@H]2CCCN(Cc3noc(C4CC4)n3)C2)oc1C. The Morgan fingerprint density at radius 1 is 1.21 bits per heavy atom. The van der Waals surface area contributed by atoms with Crippen LogP contribution in [-0.2, 0) is 13.1 Å². The Labute approximate surface area is 141 Å². The van der Waals surface area contributed by atoms with E-state index in [0.29, 0.717) is 18.5 Å². The molecule has 1 saturated heterocycles. The first-order chi connectivity index (χ1) is 11.7. The second-order valence-corrected chi connectivity index (χ2v) is 7.03. The Morgan fingerprint density at radius 2 is 2.08 bits per heavy atom. The van der Waals surface area contributed by atoms with Crippen LogP contribution in [0.4, 0.5) is 0 Å². The monoisotopic (exact) mass is 331 g/mol. The van der Waals surface area contributed by atoms with Crippen LogP contribution in [0.2, 0.25) is 0 Å². The van der Waals surface area contributed by atoms with Crippen molar-refractivity contribution in [3.8, 4) is 0 Å². The standard InChI is InChI=1S/C17H25N5O2/c1-11-12(2)23-16(19-11)8-18-14-4-3-7-22(9-14)10-15-20-17(24-21-15)13-5-6-13/h13-14,18H,3-10H2,1-2H3/t14-/m0/s1. The summed E-state index contributed by atoms with van der Waals surface area (Å²) >= 11 is 0. The molecule has 2 aromatic rings. The molecule has 1 saturated carbocycles. The van der Waals surface area contributed by atoms with Gasteiger partial charge in [-0.15, -0.1) is 0 Å². The molecule has 3 heterocycles. The first-order valence-corrected chi connectivity index (χ1v) is 8.88. The smallest absolute Gasteiger partial charge is 0.229 e. The average molecular weight is 331 g/mol. The predicted octanol–water partition coefficient (Wildman–Crippen LogP) is 2.31. The van der Waals surface area contributed by atoms with Crippen molar-refractivity contribution in [2.24, 2.45) is 0 Å². The molecule has 7 nitrogen and oxygen atoms in total. The molecule has 130 valence electrons. The van der Waals surface area contributed by atoms with Crippen molar-refractivity contribution in [2.45, 2.75) is 64.6 Å². The lowest BCUT2D eigenvalue weighted by atomic mass is 10.1. The van der Waals surface area contributed by atoms with E-state index in [1.165, 1.54) is 25.7 Å². The van der Waals surface area contributed by atoms with E-state index in [1.807, 2.05) is 13.8 Å². The van der Waals surface area contributed by atoms with Gasteiger partial charge >= 0.3 is 0 Å². The highest BCUT2D eigenvalue weighted by Gasteiger charge is 2.30. The number of piperidine rings is 1. The largest absolute Gasteiger partial charge is 0.444 e. The van der Waals surface area contributed by atoms with E-state index in [2.05, 4.69) is 25.3 Å². The van der Waals surface area contributed by atoms with Gasteiger partial charge in [-0.1, -0.05) is 5.16 Å². The maximum atomic E-state index is 5.64. The molecule has 1 aliphatic heterocycles. The van der Waals surface area contributed by atoms with Crippen molar-refractivity contribution < 1.29 is 8.94 Å². The Morgan fingerprint density at radius 3 is 2.83 bits per heavy atom. The number of aryl methyl sites for hydroxylation is 2. The summed E-state index contributed by atoms with van der Waals surface area (Å²) in [5, 5.41) is 7.69. The third kappa shape index (κ3) is 3.67. The van der Waals surface area contributed by atoms with E-state index in [9.17, 15) is 0 Å². The summed E-state index contributed by atoms with van der Waals surface area (Å²) in [4.78, 5) is 11.4. The Bertz CT molecular complexity index is 671. The molecule has 0 unspecified atom stereocenters. The molecule has 7 heteroatoms. The number of likely N-dealkylation sites (tertiary alicyclic amines) is 1. The summed E-state index contributed by atoms with van der Waals surface area (Å²) in [7, 11) is 0. The van der Waals surface area contributed by atoms with E-state index in [-0.39, 0.29) is 0 Å². The maximum absolute atomic E-state index is 5.64. The van der Waals surface area contributed by atoms with Crippen LogP contribution < -0.4 is 5.32 Å². The molecule has 0 amide bonds. The van der Waals surface area contributed by atoms with E-state index in [4.69, 9.17) is 8.94 Å². The maximum Gasteiger partial charge on any atom is 0.229 e. The summed E-state index contributed by atoms with van der Waals surface area (Å²) < 4.78 is 11.0. The van der Waals surface area contributed by atoms with Gasteiger partial charge in [-0.25, -0.2) is 4.98 Å². The van der Waals surface area contributed by atoms with Crippen molar-refractivity contribution in [3.05, 3.63) is 29.1 Å². The van der Waals surface area contributed by atoms with Gasteiger partial charge in [0.1, 0.15) is 5.76 Å². The zero-order valence-corrected chi connectivity index (χ0v) is 14.4. The molecule has 2 aromatic heterocycles. The second-order valence-electron chi connectivity index (χ2n) is 7.03. The second kappa shape index (κ2) is 6.64. The summed E-state index contributed by atoms with van der Waals surface area (Å²) in [5.74, 6) is 3.84. The molecule has 2 fully saturated rings. The lowest BCUT2D eigenvalue weighted by Crippen LogP contribution is -2.45. The zero-order chi connectivity index (χ0) is 16.5. The topological polar surface area (TPSA) is 80.2 Å². The quantitative estimate of drug-likeness (QED) is 0.870. The number of aromatic nitrogens is 3. The van der Waals surface area contributed by atoms with Crippen molar-refractivity contribution in [2.75, 3.05) is 13.1 Å². The Hall–Kier alpha value is -1.73. The highest BCUT2D eigenvalue weighted by Crippen LogP contribution is 2.38. The number of nitrogens with zero attached hydrogens (tertiary/aromatic N) is 4. The zero-order valence-electron chi connectivity index (χ0n) is 14.4. The molecular weight excluding hydrogens is 306 g/mol. The van der Waals surface area contributed by atoms with Gasteiger partial charge in [0.2, 0.25) is 11.8 Å². The third-order valence-corrected chi connectivity index (χ3v) is 4.90. The van der Waals surface area contributed by atoms with Crippen molar-refractivity contribution in [3.63, 3.8) is 0 Å². The van der Waals surface area contributed by atoms with Crippen LogP contribution in [0.15, 0.2) is 8.94 Å². The molecule has 1 atom stereocenters. The molecule has 4 rings (SSSR count). The van der Waals surface area contributed by atoms with Gasteiger partial charge in [-0.2, -0.15) is 4.98 Å². The Kier molecular flexibility index (Phi) is 4.37. The fraction of sp³-hybridized carbons (Fsp3) is 0.706. The van der Waals surface area contributed by atoms with Gasteiger partial charge in [0.25, 0.3) is 0 Å².